The molecule has 2 aromatic carbocycles. The van der Waals surface area contributed by atoms with E-state index in [1.807, 2.05) is 6.07 Å². The summed E-state index contributed by atoms with van der Waals surface area (Å²) in [5.41, 5.74) is 3.71. The molecular formula is C21H17BrN4O4. The lowest BCUT2D eigenvalue weighted by Gasteiger charge is -2.01. The van der Waals surface area contributed by atoms with Crippen molar-refractivity contribution in [3.05, 3.63) is 106 Å². The molecule has 1 N–H and O–H groups in total. The number of hydrazone groups is 1. The summed E-state index contributed by atoms with van der Waals surface area (Å²) in [6.07, 6.45) is 4.57. The number of non-ortho nitro benzene ring substituents is 1. The fourth-order valence-electron chi connectivity index (χ4n) is 2.58. The number of nitrogens with zero attached hydrogens (tertiary/aromatic N) is 3. The molecule has 0 aliphatic carbocycles. The molecule has 0 radical (unpaired) electrons. The summed E-state index contributed by atoms with van der Waals surface area (Å²) in [5, 5.41) is 14.6. The van der Waals surface area contributed by atoms with Gasteiger partial charge in [-0.2, -0.15) is 9.67 Å². The second kappa shape index (κ2) is 10.7. The normalized spacial score (nSPS) is 10.3. The lowest BCUT2D eigenvalue weighted by molar-refractivity contribution is -0.683. The van der Waals surface area contributed by atoms with E-state index >= 15 is 0 Å². The van der Waals surface area contributed by atoms with Crippen LogP contribution in [0.2, 0.25) is 0 Å². The number of aromatic nitrogens is 1. The lowest BCUT2D eigenvalue weighted by atomic mass is 10.1. The number of carbonyl (C=O) groups excluding carboxylic acids is 2. The summed E-state index contributed by atoms with van der Waals surface area (Å²) in [7, 11) is 0. The molecule has 0 atom stereocenters. The summed E-state index contributed by atoms with van der Waals surface area (Å²) in [5.74, 6) is -0.537. The first-order valence-corrected chi connectivity index (χ1v) is 8.68. The van der Waals surface area contributed by atoms with Gasteiger partial charge in [0.25, 0.3) is 11.6 Å². The van der Waals surface area contributed by atoms with Crippen molar-refractivity contribution in [1.29, 1.82) is 0 Å². The molecule has 0 spiro atoms. The molecule has 1 aromatic heterocycles. The third-order valence-corrected chi connectivity index (χ3v) is 4.00. The maximum absolute atomic E-state index is 12.3. The summed E-state index contributed by atoms with van der Waals surface area (Å²) < 4.78 is 1.62. The van der Waals surface area contributed by atoms with Crippen LogP contribution in [-0.2, 0) is 6.54 Å². The summed E-state index contributed by atoms with van der Waals surface area (Å²) in [4.78, 5) is 34.9. The van der Waals surface area contributed by atoms with Crippen LogP contribution < -0.4 is 27.0 Å². The van der Waals surface area contributed by atoms with Gasteiger partial charge in [-0.15, -0.1) is 0 Å². The molecule has 0 bridgehead atoms. The smallest absolute Gasteiger partial charge is 0.277 e. The molecule has 8 nitrogen and oxygen atoms in total. The van der Waals surface area contributed by atoms with E-state index in [1.54, 1.807) is 59.4 Å². The molecule has 0 aliphatic rings. The van der Waals surface area contributed by atoms with Crippen molar-refractivity contribution in [2.75, 3.05) is 0 Å². The quantitative estimate of drug-likeness (QED) is 0.166. The largest absolute Gasteiger partial charge is 1.00 e. The van der Waals surface area contributed by atoms with Crippen LogP contribution in [0.25, 0.3) is 0 Å². The van der Waals surface area contributed by atoms with Gasteiger partial charge in [-0.1, -0.05) is 42.5 Å². The first-order valence-electron chi connectivity index (χ1n) is 8.68. The van der Waals surface area contributed by atoms with Gasteiger partial charge < -0.3 is 17.0 Å². The Labute approximate surface area is 182 Å². The number of pyridine rings is 1. The van der Waals surface area contributed by atoms with Crippen LogP contribution in [0.15, 0.2) is 84.2 Å². The van der Waals surface area contributed by atoms with Crippen LogP contribution in [0.5, 0.6) is 0 Å². The van der Waals surface area contributed by atoms with Crippen molar-refractivity contribution in [2.24, 2.45) is 5.10 Å². The summed E-state index contributed by atoms with van der Waals surface area (Å²) >= 11 is 0. The molecule has 0 saturated heterocycles. The molecule has 3 aromatic rings. The highest BCUT2D eigenvalue weighted by Crippen LogP contribution is 2.11. The van der Waals surface area contributed by atoms with Gasteiger partial charge in [-0.05, 0) is 6.07 Å². The Bertz CT molecular complexity index is 1090. The van der Waals surface area contributed by atoms with Gasteiger partial charge in [0.2, 0.25) is 12.3 Å². The first-order chi connectivity index (χ1) is 14.0. The number of nitro benzene ring substituents is 1. The van der Waals surface area contributed by atoms with E-state index in [0.717, 1.165) is 0 Å². The topological polar surface area (TPSA) is 106 Å². The second-order valence-electron chi connectivity index (χ2n) is 6.11. The van der Waals surface area contributed by atoms with Crippen molar-refractivity contribution in [3.63, 3.8) is 0 Å². The van der Waals surface area contributed by atoms with Crippen LogP contribution >= 0.6 is 0 Å². The zero-order valence-corrected chi connectivity index (χ0v) is 17.2. The molecule has 3 rings (SSSR count). The molecule has 1 amide bonds. The number of amides is 1. The van der Waals surface area contributed by atoms with Crippen LogP contribution in [0, 0.1) is 10.1 Å². The number of Topliss-reactive ketones (excluding diaryl/α,β-unsaturated/α-hetero) is 1. The van der Waals surface area contributed by atoms with Gasteiger partial charge in [0.15, 0.2) is 12.4 Å². The van der Waals surface area contributed by atoms with Gasteiger partial charge in [0.1, 0.15) is 5.56 Å². The average molecular weight is 469 g/mol. The molecule has 0 unspecified atom stereocenters. The molecule has 30 heavy (non-hydrogen) atoms. The van der Waals surface area contributed by atoms with E-state index in [-0.39, 0.29) is 35.0 Å². The predicted octanol–water partition coefficient (Wildman–Crippen LogP) is -0.467. The summed E-state index contributed by atoms with van der Waals surface area (Å²) in [6, 6.07) is 18.0. The molecule has 152 valence electrons. The van der Waals surface area contributed by atoms with Crippen molar-refractivity contribution >= 4 is 23.6 Å². The summed E-state index contributed by atoms with van der Waals surface area (Å²) in [6.45, 7) is 0.0993. The number of hydrogen-bond donors (Lipinski definition) is 1. The third-order valence-electron chi connectivity index (χ3n) is 4.00. The molecule has 1 heterocycles. The zero-order valence-electron chi connectivity index (χ0n) is 15.6. The Morgan fingerprint density at radius 1 is 1.03 bits per heavy atom. The Morgan fingerprint density at radius 2 is 1.77 bits per heavy atom. The van der Waals surface area contributed by atoms with Gasteiger partial charge >= 0.3 is 0 Å². The number of halogens is 1. The van der Waals surface area contributed by atoms with Crippen molar-refractivity contribution in [1.82, 2.24) is 5.43 Å². The van der Waals surface area contributed by atoms with Crippen molar-refractivity contribution in [3.8, 4) is 0 Å². The van der Waals surface area contributed by atoms with Gasteiger partial charge in [0, 0.05) is 29.3 Å². The minimum Gasteiger partial charge on any atom is -1.00 e. The fraction of sp³-hybridized carbons (Fsp3) is 0.0476. The fourth-order valence-corrected chi connectivity index (χ4v) is 2.58. The standard InChI is InChI=1S/C21H16N4O4.BrH/c26-20(17-7-2-1-3-8-17)15-24-11-5-9-18(14-24)21(27)23-22-13-16-6-4-10-19(12-16)25(28)29;/h1-14H,15H2;1H/b22-13+;. The number of benzene rings is 2. The van der Waals surface area contributed by atoms with Crippen LogP contribution in [0.3, 0.4) is 0 Å². The first kappa shape index (κ1) is 22.6. The van der Waals surface area contributed by atoms with E-state index in [9.17, 15) is 19.7 Å². The molecule has 0 fully saturated rings. The molecular weight excluding hydrogens is 452 g/mol. The van der Waals surface area contributed by atoms with Crippen LogP contribution in [0.4, 0.5) is 5.69 Å². The van der Waals surface area contributed by atoms with E-state index in [2.05, 4.69) is 10.5 Å². The van der Waals surface area contributed by atoms with E-state index < -0.39 is 10.8 Å². The minimum absolute atomic E-state index is 0. The highest BCUT2D eigenvalue weighted by molar-refractivity contribution is 5.95. The average Bonchev–Trinajstić information content (AvgIpc) is 2.74. The zero-order chi connectivity index (χ0) is 20.6. The maximum atomic E-state index is 12.3. The second-order valence-corrected chi connectivity index (χ2v) is 6.11. The predicted molar refractivity (Wildman–Crippen MR) is 106 cm³/mol. The third kappa shape index (κ3) is 6.14. The van der Waals surface area contributed by atoms with E-state index in [0.29, 0.717) is 16.7 Å². The Morgan fingerprint density at radius 3 is 2.50 bits per heavy atom. The highest BCUT2D eigenvalue weighted by Gasteiger charge is 2.14. The van der Waals surface area contributed by atoms with Crippen LogP contribution in [0.1, 0.15) is 26.3 Å². The SMILES string of the molecule is O=C(C[n+]1cccc(C(=O)N/N=C/c2cccc([N+](=O)[O-])c2)c1)c1ccccc1.[Br-]. The highest BCUT2D eigenvalue weighted by atomic mass is 79.9. The Hall–Kier alpha value is -3.72. The number of nitrogens with one attached hydrogen (secondary N) is 1. The van der Waals surface area contributed by atoms with Gasteiger partial charge in [-0.3, -0.25) is 19.7 Å². The minimum atomic E-state index is -0.505. The van der Waals surface area contributed by atoms with Crippen LogP contribution in [-0.4, -0.2) is 22.8 Å². The van der Waals surface area contributed by atoms with Gasteiger partial charge in [-0.25, -0.2) is 5.43 Å². The molecule has 9 heteroatoms. The Balaban J connectivity index is 0.00000320. The Kier molecular flexibility index (Phi) is 8.07. The number of rotatable bonds is 7. The van der Waals surface area contributed by atoms with Crippen molar-refractivity contribution < 1.29 is 36.1 Å². The number of nitro groups is 1. The van der Waals surface area contributed by atoms with E-state index in [4.69, 9.17) is 0 Å². The lowest BCUT2D eigenvalue weighted by Crippen LogP contribution is -3.00. The molecule has 0 aliphatic heterocycles. The monoisotopic (exact) mass is 468 g/mol. The maximum Gasteiger partial charge on any atom is 0.277 e. The molecule has 0 saturated carbocycles. The van der Waals surface area contributed by atoms with Gasteiger partial charge in [0.05, 0.1) is 11.1 Å². The number of ketones is 1. The number of hydrogen-bond acceptors (Lipinski definition) is 5. The number of carbonyl (C=O) groups is 2. The van der Waals surface area contributed by atoms with E-state index in [1.165, 1.54) is 24.4 Å². The van der Waals surface area contributed by atoms with Crippen molar-refractivity contribution in [2.45, 2.75) is 6.54 Å².